The van der Waals surface area contributed by atoms with Crippen molar-refractivity contribution in [2.75, 3.05) is 5.84 Å². The van der Waals surface area contributed by atoms with Gasteiger partial charge in [0.2, 0.25) is 11.6 Å². The predicted octanol–water partition coefficient (Wildman–Crippen LogP) is 3.36. The number of nitro benzene ring substituents is 1. The summed E-state index contributed by atoms with van der Waals surface area (Å²) in [7, 11) is 0. The Kier molecular flexibility index (Phi) is 5.65. The lowest BCUT2D eigenvalue weighted by atomic mass is 10.2. The van der Waals surface area contributed by atoms with Crippen molar-refractivity contribution in [3.05, 3.63) is 89.7 Å². The average Bonchev–Trinajstić information content (AvgIpc) is 2.67. The van der Waals surface area contributed by atoms with Crippen molar-refractivity contribution in [3.63, 3.8) is 0 Å². The van der Waals surface area contributed by atoms with Gasteiger partial charge in [-0.05, 0) is 18.2 Å². The summed E-state index contributed by atoms with van der Waals surface area (Å²) in [6.45, 7) is 0. The van der Waals surface area contributed by atoms with Gasteiger partial charge in [-0.2, -0.15) is 17.6 Å². The molecule has 15 heteroatoms. The Hall–Kier alpha value is -3.94. The number of rotatable bonds is 4. The van der Waals surface area contributed by atoms with Crippen molar-refractivity contribution in [1.29, 1.82) is 0 Å². The van der Waals surface area contributed by atoms with Crippen LogP contribution in [-0.2, 0) is 6.18 Å². The first-order chi connectivity index (χ1) is 14.8. The quantitative estimate of drug-likeness (QED) is 0.265. The van der Waals surface area contributed by atoms with Gasteiger partial charge < -0.3 is 10.6 Å². The summed E-state index contributed by atoms with van der Waals surface area (Å²) in [5.74, 6) is 1.27. The van der Waals surface area contributed by atoms with E-state index in [2.05, 4.69) is 0 Å². The van der Waals surface area contributed by atoms with Gasteiger partial charge in [0.05, 0.1) is 15.6 Å². The number of nitro groups is 1. The fourth-order valence-electron chi connectivity index (χ4n) is 2.64. The van der Waals surface area contributed by atoms with Crippen LogP contribution in [0.15, 0.2) is 46.0 Å². The lowest BCUT2D eigenvalue weighted by Gasteiger charge is -2.15. The predicted molar refractivity (Wildman–Crippen MR) is 99.5 cm³/mol. The summed E-state index contributed by atoms with van der Waals surface area (Å²) >= 11 is 5.83. The monoisotopic (exact) mass is 478 g/mol. The lowest BCUT2D eigenvalue weighted by Crippen LogP contribution is -2.45. The van der Waals surface area contributed by atoms with E-state index in [0.717, 1.165) is 18.2 Å². The van der Waals surface area contributed by atoms with Gasteiger partial charge in [0.25, 0.3) is 5.56 Å². The number of hydrogen-bond donors (Lipinski definition) is 1. The van der Waals surface area contributed by atoms with E-state index in [-0.39, 0.29) is 10.6 Å². The van der Waals surface area contributed by atoms with Gasteiger partial charge in [0.1, 0.15) is 11.6 Å². The number of hydrogen-bond acceptors (Lipinski definition) is 6. The van der Waals surface area contributed by atoms with Gasteiger partial charge in [-0.25, -0.2) is 18.4 Å². The summed E-state index contributed by atoms with van der Waals surface area (Å²) in [5.41, 5.74) is -7.15. The summed E-state index contributed by atoms with van der Waals surface area (Å²) in [6, 6.07) is 3.92. The zero-order valence-corrected chi connectivity index (χ0v) is 15.9. The fraction of sp³-hybridized carbons (Fsp3) is 0.0588. The lowest BCUT2D eigenvalue weighted by molar-refractivity contribution is -0.388. The molecule has 2 N–H and O–H groups in total. The topological polar surface area (TPSA) is 122 Å². The molecule has 0 spiro atoms. The first kappa shape index (κ1) is 22.7. The van der Waals surface area contributed by atoms with Crippen LogP contribution in [0.3, 0.4) is 0 Å². The van der Waals surface area contributed by atoms with Gasteiger partial charge >= 0.3 is 17.6 Å². The molecule has 0 aliphatic heterocycles. The molecule has 0 saturated carbocycles. The molecule has 0 atom stereocenters. The van der Waals surface area contributed by atoms with Crippen LogP contribution in [0.2, 0.25) is 5.02 Å². The minimum Gasteiger partial charge on any atom is -0.448 e. The molecule has 9 nitrogen and oxygen atoms in total. The van der Waals surface area contributed by atoms with Crippen LogP contribution in [0, 0.1) is 21.7 Å². The first-order valence-electron chi connectivity index (χ1n) is 8.14. The number of para-hydroxylation sites is 1. The maximum atomic E-state index is 14.5. The molecule has 0 unspecified atom stereocenters. The van der Waals surface area contributed by atoms with E-state index in [0.29, 0.717) is 12.1 Å². The highest BCUT2D eigenvalue weighted by Gasteiger charge is 2.36. The Morgan fingerprint density at radius 1 is 1.06 bits per heavy atom. The normalized spacial score (nSPS) is 11.4. The molecule has 0 aliphatic carbocycles. The third-order valence-electron chi connectivity index (χ3n) is 4.02. The third-order valence-corrected chi connectivity index (χ3v) is 4.32. The molecular formula is C17H8ClF5N4O5. The summed E-state index contributed by atoms with van der Waals surface area (Å²) in [6.07, 6.45) is -5.16. The molecular weight excluding hydrogens is 471 g/mol. The smallest absolute Gasteiger partial charge is 0.433 e. The summed E-state index contributed by atoms with van der Waals surface area (Å²) in [5, 5.41) is 10.6. The molecule has 32 heavy (non-hydrogen) atoms. The number of ether oxygens (including phenoxy) is 1. The average molecular weight is 479 g/mol. The summed E-state index contributed by atoms with van der Waals surface area (Å²) in [4.78, 5) is 34.4. The Morgan fingerprint density at radius 3 is 2.31 bits per heavy atom. The second-order valence-electron chi connectivity index (χ2n) is 6.03. The van der Waals surface area contributed by atoms with Gasteiger partial charge in [-0.15, -0.1) is 0 Å². The van der Waals surface area contributed by atoms with E-state index in [1.165, 1.54) is 0 Å². The number of aromatic nitrogens is 2. The van der Waals surface area contributed by atoms with Gasteiger partial charge in [-0.1, -0.05) is 17.7 Å². The third kappa shape index (κ3) is 3.99. The van der Waals surface area contributed by atoms with Crippen molar-refractivity contribution in [2.24, 2.45) is 0 Å². The molecule has 168 valence electrons. The van der Waals surface area contributed by atoms with E-state index >= 15 is 0 Å². The van der Waals surface area contributed by atoms with Crippen LogP contribution in [0.4, 0.5) is 27.6 Å². The molecule has 0 amide bonds. The molecule has 0 bridgehead atoms. The van der Waals surface area contributed by atoms with Crippen molar-refractivity contribution < 1.29 is 31.6 Å². The highest BCUT2D eigenvalue weighted by atomic mass is 35.5. The maximum Gasteiger partial charge on any atom is 0.433 e. The molecule has 1 aromatic heterocycles. The van der Waals surface area contributed by atoms with Crippen molar-refractivity contribution in [2.45, 2.75) is 6.18 Å². The Balaban J connectivity index is 2.22. The maximum absolute atomic E-state index is 14.5. The minimum atomic E-state index is -5.16. The van der Waals surface area contributed by atoms with Gasteiger partial charge in [0.15, 0.2) is 5.69 Å². The molecule has 2 aromatic carbocycles. The number of nitrogen functional groups attached to an aromatic ring is 1. The van der Waals surface area contributed by atoms with Crippen LogP contribution in [0.25, 0.3) is 5.69 Å². The van der Waals surface area contributed by atoms with Crippen molar-refractivity contribution in [1.82, 2.24) is 9.24 Å². The molecule has 0 saturated heterocycles. The first-order valence-corrected chi connectivity index (χ1v) is 8.52. The summed E-state index contributed by atoms with van der Waals surface area (Å²) < 4.78 is 71.8. The SMILES string of the molecule is Nn1c(C(F)(F)F)cc(=O)n(-c2cc(Oc3cccc(F)c3[N+](=O)[O-])c(Cl)cc2F)c1=O. The van der Waals surface area contributed by atoms with Crippen LogP contribution >= 0.6 is 11.6 Å². The Bertz CT molecular complexity index is 1370. The number of halogens is 6. The number of nitrogens with two attached hydrogens (primary N) is 1. The van der Waals surface area contributed by atoms with Crippen LogP contribution in [-0.4, -0.2) is 14.2 Å². The van der Waals surface area contributed by atoms with E-state index in [9.17, 15) is 41.7 Å². The number of benzene rings is 2. The van der Waals surface area contributed by atoms with Gasteiger partial charge in [0, 0.05) is 12.1 Å². The van der Waals surface area contributed by atoms with Crippen LogP contribution < -0.4 is 21.8 Å². The van der Waals surface area contributed by atoms with Gasteiger partial charge in [-0.3, -0.25) is 14.9 Å². The second kappa shape index (κ2) is 7.96. The zero-order valence-electron chi connectivity index (χ0n) is 15.2. The van der Waals surface area contributed by atoms with E-state index < -0.39 is 72.2 Å². The highest BCUT2D eigenvalue weighted by molar-refractivity contribution is 6.32. The molecule has 1 heterocycles. The fourth-order valence-corrected chi connectivity index (χ4v) is 2.83. The Labute approximate surface area is 177 Å². The molecule has 3 aromatic rings. The van der Waals surface area contributed by atoms with E-state index in [1.54, 1.807) is 0 Å². The van der Waals surface area contributed by atoms with Crippen LogP contribution in [0.1, 0.15) is 5.69 Å². The zero-order chi connectivity index (χ0) is 24.0. The van der Waals surface area contributed by atoms with Crippen molar-refractivity contribution >= 4 is 17.3 Å². The molecule has 0 fully saturated rings. The second-order valence-corrected chi connectivity index (χ2v) is 6.44. The number of nitrogens with zero attached hydrogens (tertiary/aromatic N) is 3. The van der Waals surface area contributed by atoms with Crippen molar-refractivity contribution in [3.8, 4) is 17.2 Å². The van der Waals surface area contributed by atoms with Crippen LogP contribution in [0.5, 0.6) is 11.5 Å². The highest BCUT2D eigenvalue weighted by Crippen LogP contribution is 2.38. The Morgan fingerprint density at radius 2 is 1.72 bits per heavy atom. The number of alkyl halides is 3. The standard InChI is InChI=1S/C17H8ClF5N4O5/c18-7-4-9(20)10(25-14(28)6-13(17(21,22)23)26(24)16(25)29)5-12(7)32-11-3-1-2-8(19)15(11)27(30)31/h1-6H,24H2. The minimum absolute atomic E-state index is 0.0340. The van der Waals surface area contributed by atoms with E-state index in [4.69, 9.17) is 22.2 Å². The van der Waals surface area contributed by atoms with E-state index in [1.807, 2.05) is 0 Å². The molecule has 3 rings (SSSR count). The molecule has 0 aliphatic rings. The molecule has 0 radical (unpaired) electrons. The largest absolute Gasteiger partial charge is 0.448 e.